The minimum Gasteiger partial charge on any atom is -0.329 e. The smallest absolute Gasteiger partial charge is 0.191 e. The Morgan fingerprint density at radius 1 is 1.21 bits per heavy atom. The minimum absolute atomic E-state index is 0.206. The third kappa shape index (κ3) is 4.11. The molecule has 2 aromatic rings. The van der Waals surface area contributed by atoms with Gasteiger partial charge in [0.15, 0.2) is 5.11 Å². The van der Waals surface area contributed by atoms with Gasteiger partial charge in [0.1, 0.15) is 5.82 Å². The Hall–Kier alpha value is -2.34. The molecule has 1 aromatic heterocycles. The highest BCUT2D eigenvalue weighted by molar-refractivity contribution is 7.80. The first-order chi connectivity index (χ1) is 9.25. The number of nitrogens with one attached hydrogen (secondary N) is 2. The highest BCUT2D eigenvalue weighted by Gasteiger charge is 2.01. The number of hydrogen-bond acceptors (Lipinski definition) is 3. The Bertz CT molecular complexity index is 586. The number of para-hydroxylation sites is 1. The second kappa shape index (κ2) is 6.55. The van der Waals surface area contributed by atoms with Gasteiger partial charge in [-0.25, -0.2) is 4.39 Å². The lowest BCUT2D eigenvalue weighted by molar-refractivity contribution is 0.632. The Morgan fingerprint density at radius 3 is 2.74 bits per heavy atom. The van der Waals surface area contributed by atoms with E-state index in [0.717, 1.165) is 0 Å². The lowest BCUT2D eigenvalue weighted by Gasteiger charge is -2.07. The molecule has 0 atom stereocenters. The number of nitrogens with zero attached hydrogens (tertiary/aromatic N) is 2. The first-order valence-electron chi connectivity index (χ1n) is 5.51. The van der Waals surface area contributed by atoms with Gasteiger partial charge in [-0.2, -0.15) is 5.10 Å². The summed E-state index contributed by atoms with van der Waals surface area (Å²) in [5.74, 6) is -0.375. The summed E-state index contributed by atoms with van der Waals surface area (Å²) in [6.07, 6.45) is 3.19. The van der Waals surface area contributed by atoms with Gasteiger partial charge in [-0.15, -0.1) is 0 Å². The van der Waals surface area contributed by atoms with Crippen LogP contribution in [0.2, 0.25) is 0 Å². The van der Waals surface area contributed by atoms with E-state index in [0.29, 0.717) is 11.4 Å². The van der Waals surface area contributed by atoms with Crippen LogP contribution in [0.4, 0.5) is 10.1 Å². The van der Waals surface area contributed by atoms with E-state index in [2.05, 4.69) is 20.8 Å². The summed E-state index contributed by atoms with van der Waals surface area (Å²) >= 11 is 4.99. The van der Waals surface area contributed by atoms with E-state index in [1.54, 1.807) is 30.5 Å². The van der Waals surface area contributed by atoms with E-state index in [1.165, 1.54) is 12.3 Å². The van der Waals surface area contributed by atoms with Crippen molar-refractivity contribution in [3.63, 3.8) is 0 Å². The molecule has 0 saturated carbocycles. The van der Waals surface area contributed by atoms with Gasteiger partial charge in [-0.1, -0.05) is 18.2 Å². The number of pyridine rings is 1. The Labute approximate surface area is 115 Å². The molecule has 0 bridgehead atoms. The fraction of sp³-hybridized carbons (Fsp3) is 0. The summed E-state index contributed by atoms with van der Waals surface area (Å²) in [4.78, 5) is 4.06. The highest BCUT2D eigenvalue weighted by atomic mass is 32.1. The van der Waals surface area contributed by atoms with Crippen LogP contribution in [0.15, 0.2) is 53.8 Å². The zero-order valence-electron chi connectivity index (χ0n) is 9.88. The topological polar surface area (TPSA) is 49.3 Å². The van der Waals surface area contributed by atoms with Crippen LogP contribution in [0.3, 0.4) is 0 Å². The molecule has 0 aliphatic carbocycles. The molecule has 6 heteroatoms. The zero-order valence-corrected chi connectivity index (χ0v) is 10.7. The monoisotopic (exact) mass is 274 g/mol. The maximum Gasteiger partial charge on any atom is 0.191 e. The fourth-order valence-electron chi connectivity index (χ4n) is 1.32. The second-order valence-electron chi connectivity index (χ2n) is 3.56. The van der Waals surface area contributed by atoms with Gasteiger partial charge in [0.25, 0.3) is 0 Å². The molecule has 0 amide bonds. The third-order valence-electron chi connectivity index (χ3n) is 2.17. The van der Waals surface area contributed by atoms with E-state index in [4.69, 9.17) is 12.2 Å². The van der Waals surface area contributed by atoms with Crippen LogP contribution in [-0.2, 0) is 0 Å². The number of thiocarbonyl (C=S) groups is 1. The van der Waals surface area contributed by atoms with Crippen molar-refractivity contribution in [3.05, 3.63) is 60.2 Å². The molecule has 1 heterocycles. The predicted octanol–water partition coefficient (Wildman–Crippen LogP) is 2.54. The van der Waals surface area contributed by atoms with Gasteiger partial charge >= 0.3 is 0 Å². The Kier molecular flexibility index (Phi) is 4.52. The lowest BCUT2D eigenvalue weighted by Crippen LogP contribution is -2.24. The molecule has 0 radical (unpaired) electrons. The quantitative estimate of drug-likeness (QED) is 0.513. The summed E-state index contributed by atoms with van der Waals surface area (Å²) < 4.78 is 13.3. The summed E-state index contributed by atoms with van der Waals surface area (Å²) in [5.41, 5.74) is 3.59. The van der Waals surface area contributed by atoms with Gasteiger partial charge < -0.3 is 5.32 Å². The molecule has 0 aliphatic heterocycles. The van der Waals surface area contributed by atoms with Crippen LogP contribution in [0.25, 0.3) is 0 Å². The third-order valence-corrected chi connectivity index (χ3v) is 2.37. The maximum atomic E-state index is 13.3. The first-order valence-corrected chi connectivity index (χ1v) is 5.92. The number of aromatic nitrogens is 1. The normalized spacial score (nSPS) is 10.4. The van der Waals surface area contributed by atoms with Crippen molar-refractivity contribution in [1.29, 1.82) is 0 Å². The zero-order chi connectivity index (χ0) is 13.5. The van der Waals surface area contributed by atoms with Crippen LogP contribution >= 0.6 is 12.2 Å². The molecule has 0 fully saturated rings. The molecule has 0 saturated heterocycles. The van der Waals surface area contributed by atoms with Gasteiger partial charge in [-0.05, 0) is 36.5 Å². The predicted molar refractivity (Wildman–Crippen MR) is 77.6 cm³/mol. The summed E-state index contributed by atoms with van der Waals surface area (Å²) in [6, 6.07) is 11.7. The van der Waals surface area contributed by atoms with E-state index >= 15 is 0 Å². The molecule has 96 valence electrons. The number of hydrazone groups is 1. The van der Waals surface area contributed by atoms with Crippen LogP contribution in [0.1, 0.15) is 5.69 Å². The second-order valence-corrected chi connectivity index (χ2v) is 3.97. The molecule has 19 heavy (non-hydrogen) atoms. The Morgan fingerprint density at radius 2 is 2.00 bits per heavy atom. The van der Waals surface area contributed by atoms with Crippen molar-refractivity contribution in [2.45, 2.75) is 0 Å². The fourth-order valence-corrected chi connectivity index (χ4v) is 1.48. The molecule has 2 N–H and O–H groups in total. The Balaban J connectivity index is 1.89. The average Bonchev–Trinajstić information content (AvgIpc) is 2.43. The van der Waals surface area contributed by atoms with Crippen LogP contribution < -0.4 is 10.7 Å². The van der Waals surface area contributed by atoms with Crippen molar-refractivity contribution < 1.29 is 4.39 Å². The van der Waals surface area contributed by atoms with Crippen molar-refractivity contribution in [1.82, 2.24) is 10.4 Å². The standard InChI is InChI=1S/C13H11FN4S/c14-11-6-1-2-7-12(11)17-13(19)18-16-9-10-5-3-4-8-15-10/h1-9H,(H2,17,18,19)/b16-9-. The van der Waals surface area contributed by atoms with E-state index in [1.807, 2.05) is 12.1 Å². The number of hydrogen-bond donors (Lipinski definition) is 2. The number of halogens is 1. The molecule has 0 unspecified atom stereocenters. The van der Waals surface area contributed by atoms with Crippen molar-refractivity contribution in [3.8, 4) is 0 Å². The van der Waals surface area contributed by atoms with Crippen LogP contribution in [-0.4, -0.2) is 16.3 Å². The molecule has 1 aromatic carbocycles. The van der Waals surface area contributed by atoms with Crippen molar-refractivity contribution >= 4 is 29.2 Å². The molecular formula is C13H11FN4S. The SMILES string of the molecule is Fc1ccccc1NC(=S)N/N=C\c1ccccn1. The van der Waals surface area contributed by atoms with Gasteiger partial charge in [0.05, 0.1) is 17.6 Å². The van der Waals surface area contributed by atoms with E-state index in [-0.39, 0.29) is 10.9 Å². The largest absolute Gasteiger partial charge is 0.329 e. The lowest BCUT2D eigenvalue weighted by atomic mass is 10.3. The highest BCUT2D eigenvalue weighted by Crippen LogP contribution is 2.11. The van der Waals surface area contributed by atoms with Gasteiger partial charge in [0, 0.05) is 6.20 Å². The maximum absolute atomic E-state index is 13.3. The van der Waals surface area contributed by atoms with E-state index in [9.17, 15) is 4.39 Å². The summed E-state index contributed by atoms with van der Waals surface area (Å²) in [5, 5.41) is 6.82. The van der Waals surface area contributed by atoms with Crippen molar-refractivity contribution in [2.24, 2.45) is 5.10 Å². The van der Waals surface area contributed by atoms with E-state index < -0.39 is 0 Å². The van der Waals surface area contributed by atoms with Crippen molar-refractivity contribution in [2.75, 3.05) is 5.32 Å². The van der Waals surface area contributed by atoms with Crippen LogP contribution in [0, 0.1) is 5.82 Å². The molecule has 4 nitrogen and oxygen atoms in total. The average molecular weight is 274 g/mol. The first kappa shape index (κ1) is 13.1. The minimum atomic E-state index is -0.375. The number of rotatable bonds is 3. The van der Waals surface area contributed by atoms with Gasteiger partial charge in [0.2, 0.25) is 0 Å². The van der Waals surface area contributed by atoms with Crippen LogP contribution in [0.5, 0.6) is 0 Å². The molecular weight excluding hydrogens is 263 g/mol. The molecule has 0 aliphatic rings. The summed E-state index contributed by atoms with van der Waals surface area (Å²) in [6.45, 7) is 0. The van der Waals surface area contributed by atoms with Gasteiger partial charge in [-0.3, -0.25) is 10.4 Å². The number of benzene rings is 1. The summed E-state index contributed by atoms with van der Waals surface area (Å²) in [7, 11) is 0. The molecule has 0 spiro atoms. The number of anilines is 1. The molecule has 2 rings (SSSR count).